The van der Waals surface area contributed by atoms with E-state index in [0.717, 1.165) is 24.2 Å². The molecule has 2 bridgehead atoms. The first-order valence-corrected chi connectivity index (χ1v) is 9.62. The SMILES string of the molecule is Cn1nccc1C(=O)NC1C[C@H]2CCC[C@@H](C1)N2C(=O)CN1C(=O)CNC1=O. The second-order valence-corrected chi connectivity index (χ2v) is 7.66. The van der Waals surface area contributed by atoms with Gasteiger partial charge >= 0.3 is 6.03 Å². The first-order valence-electron chi connectivity index (χ1n) is 9.62. The molecule has 5 amide bonds. The van der Waals surface area contributed by atoms with E-state index in [2.05, 4.69) is 15.7 Å². The van der Waals surface area contributed by atoms with Gasteiger partial charge in [-0.3, -0.25) is 24.0 Å². The van der Waals surface area contributed by atoms with Crippen LogP contribution in [0.15, 0.2) is 12.3 Å². The summed E-state index contributed by atoms with van der Waals surface area (Å²) in [6.07, 6.45) is 5.68. The van der Waals surface area contributed by atoms with Crippen LogP contribution in [0.25, 0.3) is 0 Å². The van der Waals surface area contributed by atoms with E-state index in [0.29, 0.717) is 18.5 Å². The lowest BCUT2D eigenvalue weighted by molar-refractivity contribution is -0.144. The number of nitrogens with one attached hydrogen (secondary N) is 2. The molecule has 10 heteroatoms. The van der Waals surface area contributed by atoms with Gasteiger partial charge in [0.25, 0.3) is 11.8 Å². The van der Waals surface area contributed by atoms with Crippen molar-refractivity contribution in [3.05, 3.63) is 18.0 Å². The van der Waals surface area contributed by atoms with Gasteiger partial charge in [-0.25, -0.2) is 4.79 Å². The minimum Gasteiger partial charge on any atom is -0.348 e. The monoisotopic (exact) mass is 388 g/mol. The molecule has 3 saturated heterocycles. The van der Waals surface area contributed by atoms with Crippen LogP contribution in [0.2, 0.25) is 0 Å². The van der Waals surface area contributed by atoms with Crippen molar-refractivity contribution in [1.29, 1.82) is 0 Å². The molecule has 4 heterocycles. The molecule has 3 fully saturated rings. The van der Waals surface area contributed by atoms with Crippen molar-refractivity contribution in [3.63, 3.8) is 0 Å². The molecule has 3 atom stereocenters. The van der Waals surface area contributed by atoms with Crippen LogP contribution in [0.5, 0.6) is 0 Å². The maximum Gasteiger partial charge on any atom is 0.325 e. The van der Waals surface area contributed by atoms with E-state index in [-0.39, 0.29) is 48.9 Å². The molecule has 0 saturated carbocycles. The minimum absolute atomic E-state index is 0.0117. The molecule has 3 aliphatic heterocycles. The highest BCUT2D eigenvalue weighted by molar-refractivity contribution is 6.04. The van der Waals surface area contributed by atoms with E-state index < -0.39 is 6.03 Å². The second-order valence-electron chi connectivity index (χ2n) is 7.66. The predicted molar refractivity (Wildman–Crippen MR) is 97.1 cm³/mol. The van der Waals surface area contributed by atoms with Crippen molar-refractivity contribution >= 4 is 23.8 Å². The fourth-order valence-electron chi connectivity index (χ4n) is 4.59. The van der Waals surface area contributed by atoms with Gasteiger partial charge in [0.1, 0.15) is 12.2 Å². The number of imide groups is 1. The van der Waals surface area contributed by atoms with Gasteiger partial charge in [-0.1, -0.05) is 0 Å². The maximum atomic E-state index is 12.9. The number of aryl methyl sites for hydroxylation is 1. The Morgan fingerprint density at radius 1 is 1.25 bits per heavy atom. The van der Waals surface area contributed by atoms with Gasteiger partial charge < -0.3 is 15.5 Å². The standard InChI is InChI=1S/C18H24N6O4/c1-22-14(5-6-20-22)17(27)21-11-7-12-3-2-4-13(8-11)24(12)16(26)10-23-15(25)9-19-18(23)28/h5-6,11-13H,2-4,7-10H2,1H3,(H,19,28)(H,21,27)/t11?,12-,13+. The Kier molecular flexibility index (Phi) is 4.78. The highest BCUT2D eigenvalue weighted by atomic mass is 16.2. The molecule has 10 nitrogen and oxygen atoms in total. The number of piperidine rings is 2. The van der Waals surface area contributed by atoms with Gasteiger partial charge in [0.05, 0.1) is 6.54 Å². The Labute approximate surface area is 162 Å². The molecule has 1 unspecified atom stereocenters. The summed E-state index contributed by atoms with van der Waals surface area (Å²) in [6, 6.07) is 1.17. The summed E-state index contributed by atoms with van der Waals surface area (Å²) in [6.45, 7) is -0.273. The van der Waals surface area contributed by atoms with Gasteiger partial charge in [-0.05, 0) is 38.2 Å². The van der Waals surface area contributed by atoms with Crippen LogP contribution in [0, 0.1) is 0 Å². The number of rotatable bonds is 4. The molecule has 0 aliphatic carbocycles. The summed E-state index contributed by atoms with van der Waals surface area (Å²) in [4.78, 5) is 51.7. The zero-order valence-corrected chi connectivity index (χ0v) is 15.8. The third-order valence-electron chi connectivity index (χ3n) is 5.88. The summed E-state index contributed by atoms with van der Waals surface area (Å²) in [5.74, 6) is -0.736. The zero-order valence-electron chi connectivity index (χ0n) is 15.8. The molecule has 150 valence electrons. The Balaban J connectivity index is 1.41. The third kappa shape index (κ3) is 3.34. The number of urea groups is 1. The molecule has 0 radical (unpaired) electrons. The maximum absolute atomic E-state index is 12.9. The summed E-state index contributed by atoms with van der Waals surface area (Å²) in [5.41, 5.74) is 0.502. The Bertz CT molecular complexity index is 791. The molecular weight excluding hydrogens is 364 g/mol. The number of carbonyl (C=O) groups excluding carboxylic acids is 4. The summed E-state index contributed by atoms with van der Waals surface area (Å²) in [7, 11) is 1.72. The Morgan fingerprint density at radius 3 is 2.54 bits per heavy atom. The number of amides is 5. The van der Waals surface area contributed by atoms with Crippen molar-refractivity contribution < 1.29 is 19.2 Å². The summed E-state index contributed by atoms with van der Waals surface area (Å²) < 4.78 is 1.53. The third-order valence-corrected chi connectivity index (χ3v) is 5.88. The average Bonchev–Trinajstić information content (AvgIpc) is 3.21. The van der Waals surface area contributed by atoms with Crippen LogP contribution >= 0.6 is 0 Å². The first kappa shape index (κ1) is 18.5. The van der Waals surface area contributed by atoms with Crippen molar-refractivity contribution in [2.75, 3.05) is 13.1 Å². The molecule has 1 aromatic heterocycles. The first-order chi connectivity index (χ1) is 13.4. The molecule has 0 aromatic carbocycles. The van der Waals surface area contributed by atoms with Gasteiger partial charge in [-0.2, -0.15) is 5.10 Å². The number of fused-ring (bicyclic) bond motifs is 2. The fraction of sp³-hybridized carbons (Fsp3) is 0.611. The van der Waals surface area contributed by atoms with E-state index in [1.807, 2.05) is 4.90 Å². The highest BCUT2D eigenvalue weighted by Gasteiger charge is 2.43. The molecule has 0 spiro atoms. The highest BCUT2D eigenvalue weighted by Crippen LogP contribution is 2.34. The van der Waals surface area contributed by atoms with Crippen LogP contribution in [0.3, 0.4) is 0 Å². The fourth-order valence-corrected chi connectivity index (χ4v) is 4.59. The second kappa shape index (κ2) is 7.25. The van der Waals surface area contributed by atoms with Gasteiger partial charge in [0.2, 0.25) is 5.91 Å². The lowest BCUT2D eigenvalue weighted by atomic mass is 9.81. The van der Waals surface area contributed by atoms with Crippen molar-refractivity contribution in [3.8, 4) is 0 Å². The minimum atomic E-state index is -0.512. The molecular formula is C18H24N6O4. The zero-order chi connectivity index (χ0) is 19.8. The largest absolute Gasteiger partial charge is 0.348 e. The van der Waals surface area contributed by atoms with E-state index in [4.69, 9.17) is 0 Å². The van der Waals surface area contributed by atoms with Crippen LogP contribution in [0.1, 0.15) is 42.6 Å². The van der Waals surface area contributed by atoms with Gasteiger partial charge in [0.15, 0.2) is 0 Å². The molecule has 1 aromatic rings. The summed E-state index contributed by atoms with van der Waals surface area (Å²) in [5, 5.41) is 9.53. The van der Waals surface area contributed by atoms with E-state index >= 15 is 0 Å². The summed E-state index contributed by atoms with van der Waals surface area (Å²) >= 11 is 0. The lowest BCUT2D eigenvalue weighted by Gasteiger charge is -2.49. The van der Waals surface area contributed by atoms with Crippen LogP contribution in [-0.2, 0) is 16.6 Å². The molecule has 3 aliphatic rings. The number of aromatic nitrogens is 2. The quantitative estimate of drug-likeness (QED) is 0.682. The number of hydrogen-bond acceptors (Lipinski definition) is 5. The van der Waals surface area contributed by atoms with Gasteiger partial charge in [0, 0.05) is 31.4 Å². The lowest BCUT2D eigenvalue weighted by Crippen LogP contribution is -2.60. The van der Waals surface area contributed by atoms with Crippen LogP contribution < -0.4 is 10.6 Å². The molecule has 2 N–H and O–H groups in total. The van der Waals surface area contributed by atoms with Crippen molar-refractivity contribution in [1.82, 2.24) is 30.2 Å². The number of nitrogens with zero attached hydrogens (tertiary/aromatic N) is 4. The van der Waals surface area contributed by atoms with Crippen molar-refractivity contribution in [2.24, 2.45) is 7.05 Å². The van der Waals surface area contributed by atoms with Crippen molar-refractivity contribution in [2.45, 2.75) is 50.2 Å². The topological polar surface area (TPSA) is 117 Å². The Hall–Kier alpha value is -2.91. The van der Waals surface area contributed by atoms with Crippen LogP contribution in [-0.4, -0.2) is 74.5 Å². The Morgan fingerprint density at radius 2 is 1.96 bits per heavy atom. The smallest absolute Gasteiger partial charge is 0.325 e. The molecule has 4 rings (SSSR count). The van der Waals surface area contributed by atoms with E-state index in [9.17, 15) is 19.2 Å². The predicted octanol–water partition coefficient (Wildman–Crippen LogP) is -0.386. The number of hydrogen-bond donors (Lipinski definition) is 2. The number of carbonyl (C=O) groups is 4. The van der Waals surface area contributed by atoms with E-state index in [1.54, 1.807) is 19.3 Å². The van der Waals surface area contributed by atoms with E-state index in [1.165, 1.54) is 4.68 Å². The van der Waals surface area contributed by atoms with Crippen LogP contribution in [0.4, 0.5) is 4.79 Å². The average molecular weight is 388 g/mol. The van der Waals surface area contributed by atoms with Gasteiger partial charge in [-0.15, -0.1) is 0 Å². The normalized spacial score (nSPS) is 27.0. The molecule has 28 heavy (non-hydrogen) atoms.